The summed E-state index contributed by atoms with van der Waals surface area (Å²) in [5.74, 6) is -4.41. The average Bonchev–Trinajstić information content (AvgIpc) is 3.07. The van der Waals surface area contributed by atoms with Gasteiger partial charge in [-0.15, -0.1) is 0 Å². The molecule has 1 amide bonds. The van der Waals surface area contributed by atoms with Gasteiger partial charge in [0.15, 0.2) is 29.8 Å². The molecule has 120 valence electrons. The minimum absolute atomic E-state index is 0.0238. The highest BCUT2D eigenvalue weighted by Crippen LogP contribution is 2.09. The molecule has 0 atom stereocenters. The zero-order valence-corrected chi connectivity index (χ0v) is 11.7. The summed E-state index contributed by atoms with van der Waals surface area (Å²) >= 11 is 0. The molecule has 0 aliphatic rings. The fraction of sp³-hybridized carbons (Fsp3) is 0.133. The summed E-state index contributed by atoms with van der Waals surface area (Å²) in [5, 5.41) is 2.24. The van der Waals surface area contributed by atoms with Gasteiger partial charge in [0.25, 0.3) is 5.91 Å². The first-order chi connectivity index (χ1) is 11.0. The Balaban J connectivity index is 1.78. The molecular weight excluding hydrogens is 312 g/mol. The molecule has 0 radical (unpaired) electrons. The zero-order chi connectivity index (χ0) is 16.8. The fourth-order valence-corrected chi connectivity index (χ4v) is 1.60. The van der Waals surface area contributed by atoms with Gasteiger partial charge in [0.1, 0.15) is 6.54 Å². The van der Waals surface area contributed by atoms with Crippen LogP contribution in [0, 0.1) is 11.6 Å². The lowest BCUT2D eigenvalue weighted by Crippen LogP contribution is -2.31. The molecule has 0 saturated heterocycles. The minimum Gasteiger partial charge on any atom is -0.459 e. The number of amides is 1. The molecule has 0 unspecified atom stereocenters. The lowest BCUT2D eigenvalue weighted by Gasteiger charge is -2.05. The van der Waals surface area contributed by atoms with Crippen LogP contribution in [-0.4, -0.2) is 30.8 Å². The van der Waals surface area contributed by atoms with Crippen LogP contribution in [0.2, 0.25) is 0 Å². The van der Waals surface area contributed by atoms with Crippen LogP contribution in [0.1, 0.15) is 20.9 Å². The van der Waals surface area contributed by atoms with E-state index in [1.165, 1.54) is 18.4 Å². The molecule has 2 rings (SSSR count). The highest BCUT2D eigenvalue weighted by atomic mass is 19.2. The number of carbonyl (C=O) groups excluding carboxylic acids is 3. The molecule has 0 aliphatic heterocycles. The van der Waals surface area contributed by atoms with E-state index in [2.05, 4.69) is 10.1 Å². The molecule has 1 aromatic heterocycles. The number of nitrogens with one attached hydrogen (secondary N) is 1. The van der Waals surface area contributed by atoms with E-state index in [0.29, 0.717) is 6.07 Å². The van der Waals surface area contributed by atoms with Gasteiger partial charge in [-0.2, -0.15) is 0 Å². The third-order valence-electron chi connectivity index (χ3n) is 2.74. The van der Waals surface area contributed by atoms with E-state index in [9.17, 15) is 23.2 Å². The van der Waals surface area contributed by atoms with Crippen LogP contribution >= 0.6 is 0 Å². The Morgan fingerprint density at radius 3 is 2.57 bits per heavy atom. The second kappa shape index (κ2) is 7.30. The number of esters is 1. The number of ketones is 1. The lowest BCUT2D eigenvalue weighted by molar-refractivity contribution is -0.141. The number of Topliss-reactive ketones (excluding diaryl/α,β-unsaturated/α-hetero) is 1. The Morgan fingerprint density at radius 1 is 1.13 bits per heavy atom. The van der Waals surface area contributed by atoms with Crippen LogP contribution in [0.25, 0.3) is 0 Å². The topological polar surface area (TPSA) is 85.6 Å². The molecular formula is C15H11F2NO5. The van der Waals surface area contributed by atoms with E-state index in [0.717, 1.165) is 12.1 Å². The van der Waals surface area contributed by atoms with E-state index in [1.807, 2.05) is 0 Å². The molecule has 1 heterocycles. The number of hydrogen-bond donors (Lipinski definition) is 1. The Kier molecular flexibility index (Phi) is 5.19. The van der Waals surface area contributed by atoms with E-state index in [1.54, 1.807) is 0 Å². The van der Waals surface area contributed by atoms with Gasteiger partial charge >= 0.3 is 5.97 Å². The summed E-state index contributed by atoms with van der Waals surface area (Å²) in [7, 11) is 0. The van der Waals surface area contributed by atoms with Gasteiger partial charge in [-0.1, -0.05) is 0 Å². The van der Waals surface area contributed by atoms with E-state index in [-0.39, 0.29) is 11.3 Å². The quantitative estimate of drug-likeness (QED) is 0.646. The van der Waals surface area contributed by atoms with Gasteiger partial charge in [-0.3, -0.25) is 14.4 Å². The molecule has 2 aromatic rings. The highest BCUT2D eigenvalue weighted by Gasteiger charge is 2.14. The van der Waals surface area contributed by atoms with Crippen LogP contribution < -0.4 is 5.32 Å². The van der Waals surface area contributed by atoms with Crippen molar-refractivity contribution in [3.8, 4) is 0 Å². The summed E-state index contributed by atoms with van der Waals surface area (Å²) in [6.45, 7) is -1.12. The number of hydrogen-bond acceptors (Lipinski definition) is 5. The standard InChI is InChI=1S/C15H11F2NO5/c16-10-4-3-9(6-11(10)17)12(19)8-23-14(20)7-18-15(21)13-2-1-5-22-13/h1-6H,7-8H2,(H,18,21). The predicted octanol–water partition coefficient (Wildman–Crippen LogP) is 1.71. The first-order valence-electron chi connectivity index (χ1n) is 6.43. The fourth-order valence-electron chi connectivity index (χ4n) is 1.60. The summed E-state index contributed by atoms with van der Waals surface area (Å²) < 4.78 is 35.2. The largest absolute Gasteiger partial charge is 0.459 e. The van der Waals surface area contributed by atoms with Crippen LogP contribution in [0.3, 0.4) is 0 Å². The molecule has 0 spiro atoms. The molecule has 6 nitrogen and oxygen atoms in total. The van der Waals surface area contributed by atoms with Gasteiger partial charge in [0.2, 0.25) is 0 Å². The molecule has 0 saturated carbocycles. The maximum absolute atomic E-state index is 13.0. The van der Waals surface area contributed by atoms with Crippen molar-refractivity contribution >= 4 is 17.7 Å². The van der Waals surface area contributed by atoms with Gasteiger partial charge in [0, 0.05) is 5.56 Å². The van der Waals surface area contributed by atoms with Crippen molar-refractivity contribution in [2.24, 2.45) is 0 Å². The van der Waals surface area contributed by atoms with Gasteiger partial charge in [0.05, 0.1) is 6.26 Å². The number of carbonyl (C=O) groups is 3. The van der Waals surface area contributed by atoms with Crippen LogP contribution in [-0.2, 0) is 9.53 Å². The summed E-state index contributed by atoms with van der Waals surface area (Å²) in [6, 6.07) is 5.51. The third-order valence-corrected chi connectivity index (χ3v) is 2.74. The Bertz CT molecular complexity index is 727. The van der Waals surface area contributed by atoms with E-state index in [4.69, 9.17) is 4.42 Å². The van der Waals surface area contributed by atoms with Crippen molar-refractivity contribution in [3.05, 3.63) is 59.6 Å². The average molecular weight is 323 g/mol. The number of benzene rings is 1. The van der Waals surface area contributed by atoms with Gasteiger partial charge in [-0.25, -0.2) is 8.78 Å². The molecule has 23 heavy (non-hydrogen) atoms. The SMILES string of the molecule is O=C(CNC(=O)c1ccco1)OCC(=O)c1ccc(F)c(F)c1. The van der Waals surface area contributed by atoms with Crippen LogP contribution in [0.15, 0.2) is 41.0 Å². The minimum atomic E-state index is -1.17. The second-order valence-electron chi connectivity index (χ2n) is 4.37. The zero-order valence-electron chi connectivity index (χ0n) is 11.7. The van der Waals surface area contributed by atoms with Gasteiger partial charge in [-0.05, 0) is 30.3 Å². The second-order valence-corrected chi connectivity index (χ2v) is 4.37. The number of halogens is 2. The maximum Gasteiger partial charge on any atom is 0.325 e. The number of furan rings is 1. The lowest BCUT2D eigenvalue weighted by atomic mass is 10.1. The summed E-state index contributed by atoms with van der Waals surface area (Å²) in [4.78, 5) is 34.6. The van der Waals surface area contributed by atoms with Gasteiger partial charge < -0.3 is 14.5 Å². The van der Waals surface area contributed by atoms with Crippen LogP contribution in [0.4, 0.5) is 8.78 Å². The van der Waals surface area contributed by atoms with E-state index < -0.39 is 42.4 Å². The molecule has 1 N–H and O–H groups in total. The smallest absolute Gasteiger partial charge is 0.325 e. The number of ether oxygens (including phenoxy) is 1. The van der Waals surface area contributed by atoms with Crippen molar-refractivity contribution in [1.82, 2.24) is 5.32 Å². The van der Waals surface area contributed by atoms with E-state index >= 15 is 0 Å². The van der Waals surface area contributed by atoms with Crippen molar-refractivity contribution in [2.45, 2.75) is 0 Å². The normalized spacial score (nSPS) is 10.2. The number of rotatable bonds is 6. The van der Waals surface area contributed by atoms with Crippen molar-refractivity contribution in [2.75, 3.05) is 13.2 Å². The van der Waals surface area contributed by atoms with Crippen molar-refractivity contribution in [1.29, 1.82) is 0 Å². The van der Waals surface area contributed by atoms with Crippen molar-refractivity contribution < 1.29 is 32.3 Å². The molecule has 0 aliphatic carbocycles. The van der Waals surface area contributed by atoms with Crippen LogP contribution in [0.5, 0.6) is 0 Å². The third kappa shape index (κ3) is 4.47. The Labute approximate surface area is 129 Å². The molecule has 8 heteroatoms. The highest BCUT2D eigenvalue weighted by molar-refractivity contribution is 5.98. The first kappa shape index (κ1) is 16.3. The predicted molar refractivity (Wildman–Crippen MR) is 72.7 cm³/mol. The summed E-state index contributed by atoms with van der Waals surface area (Å²) in [6.07, 6.45) is 1.30. The molecule has 0 bridgehead atoms. The maximum atomic E-state index is 13.0. The Hall–Kier alpha value is -3.03. The monoisotopic (exact) mass is 323 g/mol. The van der Waals surface area contributed by atoms with Crippen molar-refractivity contribution in [3.63, 3.8) is 0 Å². The molecule has 0 fully saturated rings. The molecule has 1 aromatic carbocycles. The Morgan fingerprint density at radius 2 is 1.91 bits per heavy atom. The summed E-state index contributed by atoms with van der Waals surface area (Å²) in [5.41, 5.74) is -0.128. The first-order valence-corrected chi connectivity index (χ1v) is 6.43.